The molecular weight excluding hydrogens is 350 g/mol. The summed E-state index contributed by atoms with van der Waals surface area (Å²) in [6.45, 7) is 6.76. The van der Waals surface area contributed by atoms with Crippen molar-refractivity contribution in [2.75, 3.05) is 25.0 Å². The standard InChI is InChI=1S/C20H29N3O2.ClH/c1-14-8-11-23(12-9-14)20(25)16-6-7-17(15(2)13-16)22-19(24)18-5-3-4-10-21-18;/h6-7,13-14,18,21H,3-5,8-12H2,1-2H3,(H,22,24);1H/t18-;/m0./s1. The molecule has 2 saturated heterocycles. The number of hydrogen-bond acceptors (Lipinski definition) is 3. The SMILES string of the molecule is Cc1cc(C(=O)N2CCC(C)CC2)ccc1NC(=O)[C@@H]1CCCCN1.Cl. The highest BCUT2D eigenvalue weighted by Gasteiger charge is 2.23. The van der Waals surface area contributed by atoms with Crippen LogP contribution in [-0.2, 0) is 4.79 Å². The Morgan fingerprint density at radius 2 is 1.88 bits per heavy atom. The topological polar surface area (TPSA) is 61.4 Å². The van der Waals surface area contributed by atoms with Crippen LogP contribution >= 0.6 is 12.4 Å². The fourth-order valence-electron chi connectivity index (χ4n) is 3.63. The maximum Gasteiger partial charge on any atom is 0.253 e. The van der Waals surface area contributed by atoms with Gasteiger partial charge in [-0.3, -0.25) is 9.59 Å². The lowest BCUT2D eigenvalue weighted by molar-refractivity contribution is -0.118. The van der Waals surface area contributed by atoms with Gasteiger partial charge in [-0.15, -0.1) is 12.4 Å². The van der Waals surface area contributed by atoms with Gasteiger partial charge in [-0.05, 0) is 68.8 Å². The Labute approximate surface area is 162 Å². The molecule has 26 heavy (non-hydrogen) atoms. The molecule has 1 aromatic rings. The van der Waals surface area contributed by atoms with E-state index < -0.39 is 0 Å². The minimum atomic E-state index is -0.107. The molecule has 1 aromatic carbocycles. The lowest BCUT2D eigenvalue weighted by atomic mass is 9.98. The van der Waals surface area contributed by atoms with Crippen molar-refractivity contribution in [1.29, 1.82) is 0 Å². The molecule has 2 heterocycles. The van der Waals surface area contributed by atoms with Crippen LogP contribution in [-0.4, -0.2) is 42.4 Å². The van der Waals surface area contributed by atoms with E-state index in [0.29, 0.717) is 11.5 Å². The second kappa shape index (κ2) is 9.38. The highest BCUT2D eigenvalue weighted by Crippen LogP contribution is 2.22. The number of piperidine rings is 2. The van der Waals surface area contributed by atoms with E-state index in [1.54, 1.807) is 0 Å². The van der Waals surface area contributed by atoms with Crippen LogP contribution < -0.4 is 10.6 Å². The molecule has 0 spiro atoms. The average molecular weight is 380 g/mol. The van der Waals surface area contributed by atoms with Gasteiger partial charge in [0.2, 0.25) is 5.91 Å². The van der Waals surface area contributed by atoms with E-state index in [2.05, 4.69) is 17.6 Å². The molecule has 0 unspecified atom stereocenters. The smallest absolute Gasteiger partial charge is 0.253 e. The number of carbonyl (C=O) groups is 2. The van der Waals surface area contributed by atoms with E-state index in [9.17, 15) is 9.59 Å². The zero-order valence-electron chi connectivity index (χ0n) is 15.7. The number of benzene rings is 1. The van der Waals surface area contributed by atoms with Crippen molar-refractivity contribution in [3.05, 3.63) is 29.3 Å². The minimum Gasteiger partial charge on any atom is -0.339 e. The molecule has 6 heteroatoms. The zero-order valence-corrected chi connectivity index (χ0v) is 16.5. The highest BCUT2D eigenvalue weighted by molar-refractivity contribution is 5.98. The Morgan fingerprint density at radius 1 is 1.15 bits per heavy atom. The van der Waals surface area contributed by atoms with Crippen LogP contribution in [0.5, 0.6) is 0 Å². The molecule has 0 aromatic heterocycles. The molecule has 2 amide bonds. The summed E-state index contributed by atoms with van der Waals surface area (Å²) in [4.78, 5) is 27.0. The van der Waals surface area contributed by atoms with Crippen LogP contribution in [0.15, 0.2) is 18.2 Å². The maximum absolute atomic E-state index is 12.7. The van der Waals surface area contributed by atoms with E-state index in [1.165, 1.54) is 0 Å². The minimum absolute atomic E-state index is 0. The second-order valence-corrected chi connectivity index (χ2v) is 7.50. The predicted molar refractivity (Wildman–Crippen MR) is 107 cm³/mol. The van der Waals surface area contributed by atoms with Crippen molar-refractivity contribution in [2.45, 2.75) is 52.0 Å². The highest BCUT2D eigenvalue weighted by atomic mass is 35.5. The number of nitrogens with zero attached hydrogens (tertiary/aromatic N) is 1. The first-order chi connectivity index (χ1) is 12.0. The quantitative estimate of drug-likeness (QED) is 0.846. The van der Waals surface area contributed by atoms with E-state index in [1.807, 2.05) is 30.0 Å². The normalized spacial score (nSPS) is 21.0. The van der Waals surface area contributed by atoms with Crippen LogP contribution in [0.1, 0.15) is 54.9 Å². The Balaban J connectivity index is 0.00000243. The molecular formula is C20H30ClN3O2. The summed E-state index contributed by atoms with van der Waals surface area (Å²) in [7, 11) is 0. The number of rotatable bonds is 3. The molecule has 0 aliphatic carbocycles. The van der Waals surface area contributed by atoms with Gasteiger partial charge >= 0.3 is 0 Å². The number of aryl methyl sites for hydroxylation is 1. The Morgan fingerprint density at radius 3 is 2.50 bits per heavy atom. The molecule has 1 atom stereocenters. The summed E-state index contributed by atoms with van der Waals surface area (Å²) >= 11 is 0. The molecule has 3 rings (SSSR count). The number of likely N-dealkylation sites (tertiary alicyclic amines) is 1. The van der Waals surface area contributed by atoms with Gasteiger partial charge in [-0.25, -0.2) is 0 Å². The molecule has 2 aliphatic heterocycles. The number of hydrogen-bond donors (Lipinski definition) is 2. The third-order valence-electron chi connectivity index (χ3n) is 5.43. The van der Waals surface area contributed by atoms with Crippen molar-refractivity contribution in [2.24, 2.45) is 5.92 Å². The number of carbonyl (C=O) groups excluding carboxylic acids is 2. The van der Waals surface area contributed by atoms with Crippen molar-refractivity contribution in [3.63, 3.8) is 0 Å². The van der Waals surface area contributed by atoms with Gasteiger partial charge in [0.05, 0.1) is 6.04 Å². The number of amides is 2. The lowest BCUT2D eigenvalue weighted by Gasteiger charge is -2.30. The summed E-state index contributed by atoms with van der Waals surface area (Å²) in [5.74, 6) is 0.825. The summed E-state index contributed by atoms with van der Waals surface area (Å²) in [5, 5.41) is 6.27. The first kappa shape index (κ1) is 20.7. The van der Waals surface area contributed by atoms with Crippen molar-refractivity contribution >= 4 is 29.9 Å². The third kappa shape index (κ3) is 4.98. The number of nitrogens with one attached hydrogen (secondary N) is 2. The van der Waals surface area contributed by atoms with Crippen LogP contribution in [0.25, 0.3) is 0 Å². The molecule has 0 bridgehead atoms. The van der Waals surface area contributed by atoms with Gasteiger partial charge in [0.15, 0.2) is 0 Å². The van der Waals surface area contributed by atoms with Crippen LogP contribution in [0.4, 0.5) is 5.69 Å². The summed E-state index contributed by atoms with van der Waals surface area (Å²) in [6, 6.07) is 5.47. The molecule has 0 saturated carbocycles. The predicted octanol–water partition coefficient (Wildman–Crippen LogP) is 3.37. The molecule has 2 N–H and O–H groups in total. The summed E-state index contributed by atoms with van der Waals surface area (Å²) in [5.41, 5.74) is 2.43. The van der Waals surface area contributed by atoms with E-state index in [4.69, 9.17) is 0 Å². The molecule has 144 valence electrons. The Hall–Kier alpha value is -1.59. The van der Waals surface area contributed by atoms with Crippen LogP contribution in [0.2, 0.25) is 0 Å². The lowest BCUT2D eigenvalue weighted by Crippen LogP contribution is -2.43. The number of halogens is 1. The maximum atomic E-state index is 12.7. The van der Waals surface area contributed by atoms with Crippen molar-refractivity contribution < 1.29 is 9.59 Å². The van der Waals surface area contributed by atoms with Crippen molar-refractivity contribution in [1.82, 2.24) is 10.2 Å². The molecule has 0 radical (unpaired) electrons. The monoisotopic (exact) mass is 379 g/mol. The van der Waals surface area contributed by atoms with Gasteiger partial charge < -0.3 is 15.5 Å². The fraction of sp³-hybridized carbons (Fsp3) is 0.600. The van der Waals surface area contributed by atoms with Gasteiger partial charge in [0, 0.05) is 24.3 Å². The van der Waals surface area contributed by atoms with Crippen molar-refractivity contribution in [3.8, 4) is 0 Å². The Bertz CT molecular complexity index is 636. The van der Waals surface area contributed by atoms with Crippen LogP contribution in [0, 0.1) is 12.8 Å². The van der Waals surface area contributed by atoms with Gasteiger partial charge in [-0.1, -0.05) is 13.3 Å². The van der Waals surface area contributed by atoms with E-state index >= 15 is 0 Å². The zero-order chi connectivity index (χ0) is 17.8. The van der Waals surface area contributed by atoms with Gasteiger partial charge in [-0.2, -0.15) is 0 Å². The molecule has 5 nitrogen and oxygen atoms in total. The first-order valence-corrected chi connectivity index (χ1v) is 9.49. The summed E-state index contributed by atoms with van der Waals surface area (Å²) in [6.07, 6.45) is 5.26. The largest absolute Gasteiger partial charge is 0.339 e. The van der Waals surface area contributed by atoms with E-state index in [0.717, 1.165) is 63.0 Å². The fourth-order valence-corrected chi connectivity index (χ4v) is 3.63. The Kier molecular flexibility index (Phi) is 7.47. The first-order valence-electron chi connectivity index (χ1n) is 9.49. The molecule has 2 fully saturated rings. The third-order valence-corrected chi connectivity index (χ3v) is 5.43. The number of anilines is 1. The summed E-state index contributed by atoms with van der Waals surface area (Å²) < 4.78 is 0. The van der Waals surface area contributed by atoms with Gasteiger partial charge in [0.25, 0.3) is 5.91 Å². The average Bonchev–Trinajstić information content (AvgIpc) is 2.64. The van der Waals surface area contributed by atoms with E-state index in [-0.39, 0.29) is 30.3 Å². The second-order valence-electron chi connectivity index (χ2n) is 7.50. The van der Waals surface area contributed by atoms with Crippen LogP contribution in [0.3, 0.4) is 0 Å². The van der Waals surface area contributed by atoms with Gasteiger partial charge in [0.1, 0.15) is 0 Å². The molecule has 2 aliphatic rings.